The summed E-state index contributed by atoms with van der Waals surface area (Å²) in [6.07, 6.45) is 0. The zero-order valence-corrected chi connectivity index (χ0v) is 18.8. The Morgan fingerprint density at radius 2 is 1.14 bits per heavy atom. The molecule has 6 nitrogen and oxygen atoms in total. The number of phenolic OH excluding ortho intramolecular Hbond substituents is 6. The van der Waals surface area contributed by atoms with Gasteiger partial charge in [-0.15, -0.1) is 0 Å². The molecule has 2 aliphatic rings. The number of rotatable bonds is 2. The smallest absolute Gasteiger partial charge is 0.123 e. The Hall–Kier alpha value is -4.32. The standard InChI is InChI=1S/C29H24O6/c1-29(15-4-8-17(31)9-5-15)27-21(11-19(33)13-23(27)35)26-24(14-2-6-16(30)7-3-14)28(29)20-10-18(32)12-22(34)25(20)26/h2-13,24,26,28,30-35H,1H3/t24?,26?,28?,29-/m1/s1. The Morgan fingerprint density at radius 1 is 0.600 bits per heavy atom. The van der Waals surface area contributed by atoms with Gasteiger partial charge in [0.1, 0.15) is 34.5 Å². The molecule has 6 rings (SSSR count). The van der Waals surface area contributed by atoms with E-state index >= 15 is 0 Å². The lowest BCUT2D eigenvalue weighted by Gasteiger charge is -2.47. The molecule has 0 spiro atoms. The molecule has 0 aromatic heterocycles. The summed E-state index contributed by atoms with van der Waals surface area (Å²) >= 11 is 0. The molecule has 4 aromatic rings. The molecule has 0 radical (unpaired) electrons. The molecule has 4 aromatic carbocycles. The molecule has 0 aliphatic heterocycles. The highest BCUT2D eigenvalue weighted by molar-refractivity contribution is 5.70. The van der Waals surface area contributed by atoms with Crippen LogP contribution in [0.15, 0.2) is 72.8 Å². The predicted octanol–water partition coefficient (Wildman–Crippen LogP) is 5.25. The van der Waals surface area contributed by atoms with E-state index in [4.69, 9.17) is 0 Å². The quantitative estimate of drug-likeness (QED) is 0.239. The third kappa shape index (κ3) is 2.83. The maximum Gasteiger partial charge on any atom is 0.123 e. The molecule has 35 heavy (non-hydrogen) atoms. The van der Waals surface area contributed by atoms with E-state index < -0.39 is 11.3 Å². The number of phenols is 6. The van der Waals surface area contributed by atoms with Gasteiger partial charge >= 0.3 is 0 Å². The van der Waals surface area contributed by atoms with E-state index in [1.807, 2.05) is 19.1 Å². The molecule has 3 unspecified atom stereocenters. The van der Waals surface area contributed by atoms with Gasteiger partial charge in [-0.25, -0.2) is 0 Å². The van der Waals surface area contributed by atoms with Crippen LogP contribution in [0.2, 0.25) is 0 Å². The third-order valence-electron chi connectivity index (χ3n) is 7.89. The summed E-state index contributed by atoms with van der Waals surface area (Å²) in [4.78, 5) is 0. The molecular weight excluding hydrogens is 444 g/mol. The van der Waals surface area contributed by atoms with Crippen molar-refractivity contribution < 1.29 is 30.6 Å². The molecule has 6 heteroatoms. The van der Waals surface area contributed by atoms with Gasteiger partial charge in [0.2, 0.25) is 0 Å². The lowest BCUT2D eigenvalue weighted by atomic mass is 9.55. The minimum atomic E-state index is -0.870. The van der Waals surface area contributed by atoms with Gasteiger partial charge in [0.25, 0.3) is 0 Å². The summed E-state index contributed by atoms with van der Waals surface area (Å²) in [6, 6.07) is 19.6. The highest BCUT2D eigenvalue weighted by Gasteiger charge is 2.59. The lowest BCUT2D eigenvalue weighted by molar-refractivity contribution is 0.336. The topological polar surface area (TPSA) is 121 Å². The number of aromatic hydroxyl groups is 6. The normalized spacial score (nSPS) is 24.1. The maximum absolute atomic E-state index is 11.2. The van der Waals surface area contributed by atoms with Gasteiger partial charge in [-0.05, 0) is 58.7 Å². The Bertz CT molecular complexity index is 1480. The fourth-order valence-electron chi connectivity index (χ4n) is 6.64. The lowest BCUT2D eigenvalue weighted by Crippen LogP contribution is -2.39. The van der Waals surface area contributed by atoms with Crippen LogP contribution >= 0.6 is 0 Å². The first-order valence-electron chi connectivity index (χ1n) is 11.4. The Labute approximate surface area is 201 Å². The van der Waals surface area contributed by atoms with Gasteiger partial charge in [0, 0.05) is 46.4 Å². The molecule has 0 fully saturated rings. The summed E-state index contributed by atoms with van der Waals surface area (Å²) in [6.45, 7) is 2.00. The zero-order valence-electron chi connectivity index (χ0n) is 18.8. The average molecular weight is 469 g/mol. The van der Waals surface area contributed by atoms with Crippen LogP contribution in [0.1, 0.15) is 58.1 Å². The van der Waals surface area contributed by atoms with E-state index in [0.717, 1.165) is 16.7 Å². The third-order valence-corrected chi connectivity index (χ3v) is 7.89. The number of fused-ring (bicyclic) bond motifs is 7. The van der Waals surface area contributed by atoms with Crippen molar-refractivity contribution in [2.75, 3.05) is 0 Å². The van der Waals surface area contributed by atoms with Crippen LogP contribution in [-0.4, -0.2) is 30.6 Å². The van der Waals surface area contributed by atoms with Crippen LogP contribution in [0.5, 0.6) is 34.5 Å². The van der Waals surface area contributed by atoms with Gasteiger partial charge < -0.3 is 30.6 Å². The molecular formula is C29H24O6. The Balaban J connectivity index is 1.77. The molecule has 2 bridgehead atoms. The van der Waals surface area contributed by atoms with Gasteiger partial charge in [0.15, 0.2) is 0 Å². The van der Waals surface area contributed by atoms with Crippen molar-refractivity contribution in [2.24, 2.45) is 0 Å². The van der Waals surface area contributed by atoms with Gasteiger partial charge in [-0.3, -0.25) is 0 Å². The largest absolute Gasteiger partial charge is 0.508 e. The molecule has 0 saturated heterocycles. The van der Waals surface area contributed by atoms with Crippen molar-refractivity contribution in [2.45, 2.75) is 30.1 Å². The number of benzene rings is 4. The Morgan fingerprint density at radius 3 is 1.77 bits per heavy atom. The monoisotopic (exact) mass is 468 g/mol. The molecule has 0 heterocycles. The highest BCUT2D eigenvalue weighted by atomic mass is 16.3. The average Bonchev–Trinajstić information content (AvgIpc) is 3.10. The summed E-state index contributed by atoms with van der Waals surface area (Å²) < 4.78 is 0. The SMILES string of the molecule is C[C@@]1(c2ccc(O)cc2)c2c(O)cc(O)cc2C2c3c(O)cc(O)cc3C1C2c1ccc(O)cc1. The summed E-state index contributed by atoms with van der Waals surface area (Å²) in [5, 5.41) is 63.1. The van der Waals surface area contributed by atoms with Crippen LogP contribution in [0.3, 0.4) is 0 Å². The first-order valence-corrected chi connectivity index (χ1v) is 11.4. The van der Waals surface area contributed by atoms with E-state index in [-0.39, 0.29) is 46.3 Å². The van der Waals surface area contributed by atoms with Crippen molar-refractivity contribution in [3.05, 3.63) is 106 Å². The van der Waals surface area contributed by atoms with E-state index in [1.54, 1.807) is 48.5 Å². The fraction of sp³-hybridized carbons (Fsp3) is 0.172. The molecule has 0 saturated carbocycles. The Kier molecular flexibility index (Phi) is 4.30. The summed E-state index contributed by atoms with van der Waals surface area (Å²) in [7, 11) is 0. The van der Waals surface area contributed by atoms with Gasteiger partial charge in [0.05, 0.1) is 0 Å². The number of hydrogen-bond acceptors (Lipinski definition) is 6. The highest BCUT2D eigenvalue weighted by Crippen LogP contribution is 2.70. The molecule has 176 valence electrons. The van der Waals surface area contributed by atoms with Crippen LogP contribution in [0.4, 0.5) is 0 Å². The van der Waals surface area contributed by atoms with Crippen molar-refractivity contribution >= 4 is 0 Å². The molecule has 2 aliphatic carbocycles. The van der Waals surface area contributed by atoms with Gasteiger partial charge in [-0.2, -0.15) is 0 Å². The maximum atomic E-state index is 11.2. The molecule has 4 atom stereocenters. The van der Waals surface area contributed by atoms with Crippen LogP contribution in [0.25, 0.3) is 0 Å². The minimum absolute atomic E-state index is 0.0555. The molecule has 0 amide bonds. The predicted molar refractivity (Wildman–Crippen MR) is 130 cm³/mol. The summed E-state index contributed by atoms with van der Waals surface area (Å²) in [5.74, 6) is -1.04. The van der Waals surface area contributed by atoms with Crippen LogP contribution < -0.4 is 0 Å². The van der Waals surface area contributed by atoms with Crippen molar-refractivity contribution in [1.29, 1.82) is 0 Å². The van der Waals surface area contributed by atoms with Crippen molar-refractivity contribution in [1.82, 2.24) is 0 Å². The first kappa shape index (κ1) is 21.2. The van der Waals surface area contributed by atoms with Crippen LogP contribution in [-0.2, 0) is 5.41 Å². The van der Waals surface area contributed by atoms with Crippen molar-refractivity contribution in [3.8, 4) is 34.5 Å². The minimum Gasteiger partial charge on any atom is -0.508 e. The second kappa shape index (κ2) is 7.09. The van der Waals surface area contributed by atoms with E-state index in [0.29, 0.717) is 16.7 Å². The van der Waals surface area contributed by atoms with Crippen LogP contribution in [0, 0.1) is 0 Å². The van der Waals surface area contributed by atoms with E-state index in [9.17, 15) is 30.6 Å². The second-order valence-corrected chi connectivity index (χ2v) is 9.72. The molecule has 6 N–H and O–H groups in total. The van der Waals surface area contributed by atoms with Gasteiger partial charge in [-0.1, -0.05) is 31.2 Å². The van der Waals surface area contributed by atoms with E-state index in [1.165, 1.54) is 12.1 Å². The number of hydrogen-bond donors (Lipinski definition) is 6. The van der Waals surface area contributed by atoms with Crippen molar-refractivity contribution in [3.63, 3.8) is 0 Å². The first-order chi connectivity index (χ1) is 16.7. The fourth-order valence-corrected chi connectivity index (χ4v) is 6.64. The summed E-state index contributed by atoms with van der Waals surface area (Å²) in [5.41, 5.74) is 3.54. The second-order valence-electron chi connectivity index (χ2n) is 9.72. The zero-order chi connectivity index (χ0) is 24.6. The van der Waals surface area contributed by atoms with E-state index in [2.05, 4.69) is 0 Å².